The number of aryl methyl sites for hydroxylation is 1. The smallest absolute Gasteiger partial charge is 0.253 e. The molecule has 1 aromatic heterocycles. The molecule has 5 heteroatoms. The Bertz CT molecular complexity index is 673. The van der Waals surface area contributed by atoms with Gasteiger partial charge in [0, 0.05) is 44.6 Å². The molecule has 2 heterocycles. The Hall–Kier alpha value is -2.14. The van der Waals surface area contributed by atoms with E-state index in [1.807, 2.05) is 38.4 Å². The number of rotatable bonds is 5. The van der Waals surface area contributed by atoms with Gasteiger partial charge >= 0.3 is 0 Å². The summed E-state index contributed by atoms with van der Waals surface area (Å²) in [5.74, 6) is 1.52. The van der Waals surface area contributed by atoms with Crippen LogP contribution in [0, 0.1) is 6.92 Å². The summed E-state index contributed by atoms with van der Waals surface area (Å²) in [6, 6.07) is 8.03. The molecule has 0 bridgehead atoms. The van der Waals surface area contributed by atoms with E-state index in [4.69, 9.17) is 0 Å². The molecule has 3 rings (SSSR count). The average molecular weight is 312 g/mol. The van der Waals surface area contributed by atoms with Gasteiger partial charge in [-0.3, -0.25) is 4.79 Å². The quantitative estimate of drug-likeness (QED) is 0.919. The third kappa shape index (κ3) is 3.45. The fourth-order valence-electron chi connectivity index (χ4n) is 3.17. The van der Waals surface area contributed by atoms with Gasteiger partial charge in [-0.1, -0.05) is 18.2 Å². The second kappa shape index (κ2) is 6.96. The van der Waals surface area contributed by atoms with E-state index in [1.54, 1.807) is 11.1 Å². The number of nitrogens with one attached hydrogen (secondary N) is 1. The molecule has 0 spiro atoms. The first-order valence-electron chi connectivity index (χ1n) is 8.19. The first kappa shape index (κ1) is 15.7. The number of likely N-dealkylation sites (N-methyl/N-ethyl adjacent to an activating group) is 1. The Morgan fingerprint density at radius 2 is 2.26 bits per heavy atom. The molecule has 1 fully saturated rings. The summed E-state index contributed by atoms with van der Waals surface area (Å²) in [6.45, 7) is 5.41. The first-order valence-corrected chi connectivity index (χ1v) is 8.19. The highest BCUT2D eigenvalue weighted by atomic mass is 16.2. The molecule has 1 N–H and O–H groups in total. The minimum Gasteiger partial charge on any atom is -0.340 e. The molecule has 1 unspecified atom stereocenters. The summed E-state index contributed by atoms with van der Waals surface area (Å²) < 4.78 is 2.07. The number of carbonyl (C=O) groups excluding carboxylic acids is 1. The molecule has 0 aliphatic carbocycles. The minimum atomic E-state index is 0.102. The van der Waals surface area contributed by atoms with Crippen LogP contribution in [-0.2, 0) is 6.54 Å². The minimum absolute atomic E-state index is 0.102. The van der Waals surface area contributed by atoms with Crippen LogP contribution in [0.4, 0.5) is 0 Å². The molecule has 5 nitrogen and oxygen atoms in total. The standard InChI is InChI=1S/C18H24N4O/c1-14-20-9-10-22(14)12-11-21(2)18(23)17-6-4-3-5-16(17)15-7-8-19-13-15/h3-6,9-10,15,19H,7-8,11-13H2,1-2H3. The molecule has 0 saturated carbocycles. The van der Waals surface area contributed by atoms with Crippen LogP contribution in [0.15, 0.2) is 36.7 Å². The molecule has 0 radical (unpaired) electrons. The highest BCUT2D eigenvalue weighted by molar-refractivity contribution is 5.95. The van der Waals surface area contributed by atoms with Crippen LogP contribution in [0.2, 0.25) is 0 Å². The third-order valence-corrected chi connectivity index (χ3v) is 4.64. The number of benzene rings is 1. The van der Waals surface area contributed by atoms with Crippen molar-refractivity contribution in [3.63, 3.8) is 0 Å². The number of amides is 1. The molecule has 1 saturated heterocycles. The van der Waals surface area contributed by atoms with Crippen LogP contribution in [0.3, 0.4) is 0 Å². The number of aromatic nitrogens is 2. The van der Waals surface area contributed by atoms with Crippen molar-refractivity contribution in [1.29, 1.82) is 0 Å². The lowest BCUT2D eigenvalue weighted by molar-refractivity contribution is 0.0788. The lowest BCUT2D eigenvalue weighted by atomic mass is 9.93. The Kier molecular flexibility index (Phi) is 4.76. The molecular formula is C18H24N4O. The molecule has 1 atom stereocenters. The summed E-state index contributed by atoms with van der Waals surface area (Å²) in [6.07, 6.45) is 4.84. The van der Waals surface area contributed by atoms with Gasteiger partial charge in [0.15, 0.2) is 0 Å². The maximum atomic E-state index is 12.8. The zero-order valence-corrected chi connectivity index (χ0v) is 13.8. The zero-order chi connectivity index (χ0) is 16.2. The number of imidazole rings is 1. The normalized spacial score (nSPS) is 17.4. The van der Waals surface area contributed by atoms with E-state index in [9.17, 15) is 4.79 Å². The summed E-state index contributed by atoms with van der Waals surface area (Å²) in [5, 5.41) is 3.38. The van der Waals surface area contributed by atoms with Crippen LogP contribution in [-0.4, -0.2) is 47.0 Å². The van der Waals surface area contributed by atoms with Crippen LogP contribution < -0.4 is 5.32 Å². The van der Waals surface area contributed by atoms with Gasteiger partial charge in [-0.05, 0) is 37.4 Å². The van der Waals surface area contributed by atoms with Crippen molar-refractivity contribution in [3.05, 3.63) is 53.6 Å². The van der Waals surface area contributed by atoms with Crippen molar-refractivity contribution < 1.29 is 4.79 Å². The zero-order valence-electron chi connectivity index (χ0n) is 13.8. The maximum absolute atomic E-state index is 12.8. The van der Waals surface area contributed by atoms with Gasteiger partial charge in [-0.15, -0.1) is 0 Å². The summed E-state index contributed by atoms with van der Waals surface area (Å²) in [4.78, 5) is 18.9. The van der Waals surface area contributed by atoms with Crippen molar-refractivity contribution in [3.8, 4) is 0 Å². The number of carbonyl (C=O) groups is 1. The highest BCUT2D eigenvalue weighted by Crippen LogP contribution is 2.26. The van der Waals surface area contributed by atoms with Gasteiger partial charge < -0.3 is 14.8 Å². The number of nitrogens with zero attached hydrogens (tertiary/aromatic N) is 3. The average Bonchev–Trinajstić information content (AvgIpc) is 3.23. The number of hydrogen-bond acceptors (Lipinski definition) is 3. The Labute approximate surface area is 137 Å². The SMILES string of the molecule is Cc1nccn1CCN(C)C(=O)c1ccccc1C1CCNC1. The van der Waals surface area contributed by atoms with E-state index in [2.05, 4.69) is 20.9 Å². The Morgan fingerprint density at radius 3 is 2.96 bits per heavy atom. The van der Waals surface area contributed by atoms with Crippen molar-refractivity contribution >= 4 is 5.91 Å². The van der Waals surface area contributed by atoms with E-state index in [0.29, 0.717) is 12.5 Å². The topological polar surface area (TPSA) is 50.2 Å². The van der Waals surface area contributed by atoms with E-state index < -0.39 is 0 Å². The predicted octanol–water partition coefficient (Wildman–Crippen LogP) is 2.04. The Morgan fingerprint density at radius 1 is 1.43 bits per heavy atom. The van der Waals surface area contributed by atoms with Gasteiger partial charge in [0.2, 0.25) is 0 Å². The van der Waals surface area contributed by atoms with Crippen molar-refractivity contribution in [1.82, 2.24) is 19.8 Å². The van der Waals surface area contributed by atoms with Crippen molar-refractivity contribution in [2.45, 2.75) is 25.8 Å². The van der Waals surface area contributed by atoms with E-state index in [0.717, 1.165) is 37.4 Å². The fraction of sp³-hybridized carbons (Fsp3) is 0.444. The molecule has 23 heavy (non-hydrogen) atoms. The van der Waals surface area contributed by atoms with Gasteiger partial charge in [-0.25, -0.2) is 4.98 Å². The van der Waals surface area contributed by atoms with Gasteiger partial charge in [0.1, 0.15) is 5.82 Å². The van der Waals surface area contributed by atoms with Crippen molar-refractivity contribution in [2.75, 3.05) is 26.7 Å². The van der Waals surface area contributed by atoms with Gasteiger partial charge in [0.05, 0.1) is 0 Å². The summed E-state index contributed by atoms with van der Waals surface area (Å²) in [7, 11) is 1.87. The lowest BCUT2D eigenvalue weighted by Gasteiger charge is -2.21. The first-order chi connectivity index (χ1) is 11.2. The molecule has 1 aliphatic heterocycles. The highest BCUT2D eigenvalue weighted by Gasteiger charge is 2.23. The second-order valence-electron chi connectivity index (χ2n) is 6.17. The number of hydrogen-bond donors (Lipinski definition) is 1. The molecule has 1 aliphatic rings. The van der Waals surface area contributed by atoms with Crippen LogP contribution in [0.5, 0.6) is 0 Å². The van der Waals surface area contributed by atoms with Crippen LogP contribution in [0.1, 0.15) is 34.1 Å². The summed E-state index contributed by atoms with van der Waals surface area (Å²) in [5.41, 5.74) is 2.01. The van der Waals surface area contributed by atoms with Crippen molar-refractivity contribution in [2.24, 2.45) is 0 Å². The molecule has 1 amide bonds. The molecule has 2 aromatic rings. The molecular weight excluding hydrogens is 288 g/mol. The maximum Gasteiger partial charge on any atom is 0.253 e. The van der Waals surface area contributed by atoms with Crippen LogP contribution in [0.25, 0.3) is 0 Å². The van der Waals surface area contributed by atoms with Crippen LogP contribution >= 0.6 is 0 Å². The molecule has 122 valence electrons. The van der Waals surface area contributed by atoms with Gasteiger partial charge in [-0.2, -0.15) is 0 Å². The van der Waals surface area contributed by atoms with E-state index >= 15 is 0 Å². The molecule has 1 aromatic carbocycles. The lowest BCUT2D eigenvalue weighted by Crippen LogP contribution is -2.31. The van der Waals surface area contributed by atoms with E-state index in [1.165, 1.54) is 5.56 Å². The second-order valence-corrected chi connectivity index (χ2v) is 6.17. The summed E-state index contributed by atoms with van der Waals surface area (Å²) >= 11 is 0. The van der Waals surface area contributed by atoms with E-state index in [-0.39, 0.29) is 5.91 Å². The largest absolute Gasteiger partial charge is 0.340 e. The fourth-order valence-corrected chi connectivity index (χ4v) is 3.17. The monoisotopic (exact) mass is 312 g/mol. The van der Waals surface area contributed by atoms with Gasteiger partial charge in [0.25, 0.3) is 5.91 Å². The Balaban J connectivity index is 1.71. The third-order valence-electron chi connectivity index (χ3n) is 4.64. The predicted molar refractivity (Wildman–Crippen MR) is 90.6 cm³/mol.